The first-order valence-electron chi connectivity index (χ1n) is 7.83. The molecule has 0 aliphatic carbocycles. The lowest BCUT2D eigenvalue weighted by molar-refractivity contribution is -0.128. The van der Waals surface area contributed by atoms with Gasteiger partial charge in [-0.15, -0.1) is 0 Å². The van der Waals surface area contributed by atoms with E-state index in [2.05, 4.69) is 10.6 Å². The van der Waals surface area contributed by atoms with Gasteiger partial charge in [0.25, 0.3) is 0 Å². The number of nitrogens with zero attached hydrogens (tertiary/aromatic N) is 1. The van der Waals surface area contributed by atoms with Crippen LogP contribution in [0.5, 0.6) is 0 Å². The van der Waals surface area contributed by atoms with E-state index in [0.717, 1.165) is 5.56 Å². The third kappa shape index (κ3) is 5.25. The standard InChI is InChI=1S/C17H25N3O3/c1-17(2,12-23-11-13-7-5-4-6-8-13)19-16(22)18-14-9-10-20(3)15(14)21/h4-8,14H,9-12H2,1-3H3,(H2,18,19,22). The van der Waals surface area contributed by atoms with E-state index >= 15 is 0 Å². The molecule has 6 heteroatoms. The summed E-state index contributed by atoms with van der Waals surface area (Å²) in [5, 5.41) is 5.59. The highest BCUT2D eigenvalue weighted by Gasteiger charge is 2.31. The van der Waals surface area contributed by atoms with Crippen molar-refractivity contribution < 1.29 is 14.3 Å². The van der Waals surface area contributed by atoms with Gasteiger partial charge in [-0.25, -0.2) is 4.79 Å². The molecule has 3 amide bonds. The van der Waals surface area contributed by atoms with E-state index in [1.54, 1.807) is 11.9 Å². The molecule has 0 spiro atoms. The van der Waals surface area contributed by atoms with Crippen molar-refractivity contribution in [3.63, 3.8) is 0 Å². The minimum absolute atomic E-state index is 0.0433. The Hall–Kier alpha value is -2.08. The lowest BCUT2D eigenvalue weighted by Crippen LogP contribution is -2.54. The van der Waals surface area contributed by atoms with Crippen molar-refractivity contribution in [2.24, 2.45) is 0 Å². The summed E-state index contributed by atoms with van der Waals surface area (Å²) in [6.07, 6.45) is 0.647. The van der Waals surface area contributed by atoms with Crippen LogP contribution >= 0.6 is 0 Å². The molecule has 1 aliphatic heterocycles. The Morgan fingerprint density at radius 3 is 2.65 bits per heavy atom. The van der Waals surface area contributed by atoms with Crippen LogP contribution in [0.25, 0.3) is 0 Å². The van der Waals surface area contributed by atoms with Crippen LogP contribution in [-0.4, -0.2) is 48.6 Å². The number of likely N-dealkylation sites (N-methyl/N-ethyl adjacent to an activating group) is 1. The SMILES string of the molecule is CN1CCC(NC(=O)NC(C)(C)COCc2ccccc2)C1=O. The van der Waals surface area contributed by atoms with E-state index in [0.29, 0.717) is 26.2 Å². The molecule has 6 nitrogen and oxygen atoms in total. The third-order valence-electron chi connectivity index (χ3n) is 3.76. The number of carbonyl (C=O) groups excluding carboxylic acids is 2. The average molecular weight is 319 g/mol. The van der Waals surface area contributed by atoms with Crippen molar-refractivity contribution in [1.82, 2.24) is 15.5 Å². The molecule has 23 heavy (non-hydrogen) atoms. The molecule has 1 aromatic carbocycles. The molecular weight excluding hydrogens is 294 g/mol. The number of hydrogen-bond acceptors (Lipinski definition) is 3. The summed E-state index contributed by atoms with van der Waals surface area (Å²) in [7, 11) is 1.74. The van der Waals surface area contributed by atoms with Crippen LogP contribution in [0.1, 0.15) is 25.8 Å². The first-order chi connectivity index (χ1) is 10.9. The second-order valence-corrected chi connectivity index (χ2v) is 6.56. The van der Waals surface area contributed by atoms with E-state index in [9.17, 15) is 9.59 Å². The molecule has 1 heterocycles. The summed E-state index contributed by atoms with van der Waals surface area (Å²) in [6.45, 7) is 5.33. The van der Waals surface area contributed by atoms with Crippen LogP contribution < -0.4 is 10.6 Å². The van der Waals surface area contributed by atoms with Crippen molar-refractivity contribution in [1.29, 1.82) is 0 Å². The molecule has 1 atom stereocenters. The molecule has 0 bridgehead atoms. The van der Waals surface area contributed by atoms with Crippen LogP contribution in [0.15, 0.2) is 30.3 Å². The van der Waals surface area contributed by atoms with Crippen molar-refractivity contribution in [3.8, 4) is 0 Å². The number of urea groups is 1. The van der Waals surface area contributed by atoms with Gasteiger partial charge in [-0.05, 0) is 25.8 Å². The van der Waals surface area contributed by atoms with Crippen LogP contribution in [0.2, 0.25) is 0 Å². The maximum Gasteiger partial charge on any atom is 0.315 e. The molecule has 1 aliphatic rings. The minimum Gasteiger partial charge on any atom is -0.374 e. The fraction of sp³-hybridized carbons (Fsp3) is 0.529. The Labute approximate surface area is 137 Å². The monoisotopic (exact) mass is 319 g/mol. The molecule has 0 aromatic heterocycles. The summed E-state index contributed by atoms with van der Waals surface area (Å²) >= 11 is 0. The molecule has 1 aromatic rings. The number of rotatable bonds is 6. The van der Waals surface area contributed by atoms with E-state index < -0.39 is 11.6 Å². The number of likely N-dealkylation sites (tertiary alicyclic amines) is 1. The molecule has 2 N–H and O–H groups in total. The van der Waals surface area contributed by atoms with Crippen molar-refractivity contribution in [3.05, 3.63) is 35.9 Å². The van der Waals surface area contributed by atoms with Gasteiger partial charge in [0.15, 0.2) is 0 Å². The third-order valence-corrected chi connectivity index (χ3v) is 3.76. The maximum absolute atomic E-state index is 12.1. The number of nitrogens with one attached hydrogen (secondary N) is 2. The molecule has 2 rings (SSSR count). The number of carbonyl (C=O) groups is 2. The smallest absolute Gasteiger partial charge is 0.315 e. The van der Waals surface area contributed by atoms with Crippen molar-refractivity contribution >= 4 is 11.9 Å². The Morgan fingerprint density at radius 2 is 2.04 bits per heavy atom. The summed E-state index contributed by atoms with van der Waals surface area (Å²) < 4.78 is 5.68. The normalized spacial score (nSPS) is 18.1. The van der Waals surface area contributed by atoms with Gasteiger partial charge in [0.05, 0.1) is 18.8 Å². The van der Waals surface area contributed by atoms with Gasteiger partial charge in [0.1, 0.15) is 6.04 Å². The summed E-state index contributed by atoms with van der Waals surface area (Å²) in [5.74, 6) is -0.0433. The molecule has 126 valence electrons. The Morgan fingerprint density at radius 1 is 1.35 bits per heavy atom. The number of amides is 3. The lowest BCUT2D eigenvalue weighted by atomic mass is 10.1. The zero-order valence-electron chi connectivity index (χ0n) is 14.0. The van der Waals surface area contributed by atoms with Crippen LogP contribution in [0, 0.1) is 0 Å². The fourth-order valence-electron chi connectivity index (χ4n) is 2.49. The zero-order chi connectivity index (χ0) is 16.9. The van der Waals surface area contributed by atoms with Gasteiger partial charge in [-0.3, -0.25) is 4.79 Å². The zero-order valence-corrected chi connectivity index (χ0v) is 14.0. The number of benzene rings is 1. The average Bonchev–Trinajstić information content (AvgIpc) is 2.79. The second-order valence-electron chi connectivity index (χ2n) is 6.56. The number of ether oxygens (including phenoxy) is 1. The van der Waals surface area contributed by atoms with E-state index in [1.807, 2.05) is 44.2 Å². The van der Waals surface area contributed by atoms with Gasteiger partial charge in [0.2, 0.25) is 5.91 Å². The first kappa shape index (κ1) is 17.3. The van der Waals surface area contributed by atoms with Gasteiger partial charge < -0.3 is 20.3 Å². The van der Waals surface area contributed by atoms with Crippen molar-refractivity contribution in [2.45, 2.75) is 38.5 Å². The summed E-state index contributed by atoms with van der Waals surface area (Å²) in [5.41, 5.74) is 0.569. The quantitative estimate of drug-likeness (QED) is 0.835. The highest BCUT2D eigenvalue weighted by molar-refractivity contribution is 5.88. The second kappa shape index (κ2) is 7.46. The van der Waals surface area contributed by atoms with Crippen LogP contribution in [-0.2, 0) is 16.1 Å². The lowest BCUT2D eigenvalue weighted by Gasteiger charge is -2.27. The molecule has 0 radical (unpaired) electrons. The van der Waals surface area contributed by atoms with Crippen LogP contribution in [0.3, 0.4) is 0 Å². The molecular formula is C17H25N3O3. The number of hydrogen-bond donors (Lipinski definition) is 2. The Bertz CT molecular complexity index is 545. The topological polar surface area (TPSA) is 70.7 Å². The fourth-order valence-corrected chi connectivity index (χ4v) is 2.49. The Balaban J connectivity index is 1.74. The molecule has 1 saturated heterocycles. The van der Waals surface area contributed by atoms with Gasteiger partial charge >= 0.3 is 6.03 Å². The van der Waals surface area contributed by atoms with E-state index in [1.165, 1.54) is 0 Å². The van der Waals surface area contributed by atoms with Gasteiger partial charge in [-0.2, -0.15) is 0 Å². The van der Waals surface area contributed by atoms with Crippen LogP contribution in [0.4, 0.5) is 4.79 Å². The summed E-state index contributed by atoms with van der Waals surface area (Å²) in [6, 6.07) is 9.11. The largest absolute Gasteiger partial charge is 0.374 e. The molecule has 1 fully saturated rings. The Kier molecular flexibility index (Phi) is 5.60. The first-order valence-corrected chi connectivity index (χ1v) is 7.83. The predicted molar refractivity (Wildman–Crippen MR) is 87.9 cm³/mol. The predicted octanol–water partition coefficient (Wildman–Crippen LogP) is 1.51. The minimum atomic E-state index is -0.521. The molecule has 0 saturated carbocycles. The van der Waals surface area contributed by atoms with Gasteiger partial charge in [-0.1, -0.05) is 30.3 Å². The van der Waals surface area contributed by atoms with Gasteiger partial charge in [0, 0.05) is 13.6 Å². The highest BCUT2D eigenvalue weighted by Crippen LogP contribution is 2.10. The summed E-state index contributed by atoms with van der Waals surface area (Å²) in [4.78, 5) is 25.5. The molecule has 1 unspecified atom stereocenters. The van der Waals surface area contributed by atoms with Crippen molar-refractivity contribution in [2.75, 3.05) is 20.2 Å². The maximum atomic E-state index is 12.1. The highest BCUT2D eigenvalue weighted by atomic mass is 16.5. The van der Waals surface area contributed by atoms with E-state index in [-0.39, 0.29) is 11.9 Å². The van der Waals surface area contributed by atoms with E-state index in [4.69, 9.17) is 4.74 Å².